The van der Waals surface area contributed by atoms with Gasteiger partial charge in [0.1, 0.15) is 5.75 Å². The van der Waals surface area contributed by atoms with Gasteiger partial charge in [-0.05, 0) is 49.2 Å². The lowest BCUT2D eigenvalue weighted by atomic mass is 10.2. The Morgan fingerprint density at radius 3 is 2.45 bits per heavy atom. The number of carbonyl (C=O) groups is 2. The highest BCUT2D eigenvalue weighted by Gasteiger charge is 2.27. The van der Waals surface area contributed by atoms with Gasteiger partial charge < -0.3 is 10.1 Å². The summed E-state index contributed by atoms with van der Waals surface area (Å²) in [5.41, 5.74) is 3.27. The molecule has 2 amide bonds. The van der Waals surface area contributed by atoms with Crippen LogP contribution in [-0.2, 0) is 14.8 Å². The van der Waals surface area contributed by atoms with Gasteiger partial charge in [0.25, 0.3) is 11.8 Å². The Kier molecular flexibility index (Phi) is 7.37. The fourth-order valence-corrected chi connectivity index (χ4v) is 4.62. The van der Waals surface area contributed by atoms with E-state index in [2.05, 4.69) is 15.8 Å². The molecular formula is C21H24N4O5S. The van der Waals surface area contributed by atoms with Crippen LogP contribution in [0.15, 0.2) is 58.5 Å². The first kappa shape index (κ1) is 22.4. The lowest BCUT2D eigenvalue weighted by molar-refractivity contribution is -0.120. The molecule has 0 atom stereocenters. The third kappa shape index (κ3) is 5.68. The van der Waals surface area contributed by atoms with Crippen LogP contribution in [-0.4, -0.2) is 57.5 Å². The summed E-state index contributed by atoms with van der Waals surface area (Å²) < 4.78 is 31.7. The molecule has 0 unspecified atom stereocenters. The minimum Gasteiger partial charge on any atom is -0.496 e. The minimum absolute atomic E-state index is 0.148. The molecule has 0 spiro atoms. The summed E-state index contributed by atoms with van der Waals surface area (Å²) in [7, 11) is -2.00. The molecule has 10 heteroatoms. The lowest BCUT2D eigenvalue weighted by Crippen LogP contribution is -2.35. The number of hydrogen-bond acceptors (Lipinski definition) is 6. The predicted molar refractivity (Wildman–Crippen MR) is 115 cm³/mol. The highest BCUT2D eigenvalue weighted by molar-refractivity contribution is 7.89. The first-order chi connectivity index (χ1) is 14.9. The molecule has 0 bridgehead atoms. The second-order valence-corrected chi connectivity index (χ2v) is 8.79. The molecule has 9 nitrogen and oxygen atoms in total. The van der Waals surface area contributed by atoms with E-state index in [1.165, 1.54) is 41.9 Å². The topological polar surface area (TPSA) is 117 Å². The largest absolute Gasteiger partial charge is 0.496 e. The van der Waals surface area contributed by atoms with Crippen molar-refractivity contribution in [1.82, 2.24) is 15.0 Å². The van der Waals surface area contributed by atoms with Crippen molar-refractivity contribution in [3.8, 4) is 5.75 Å². The number of amides is 2. The summed E-state index contributed by atoms with van der Waals surface area (Å²) in [5, 5.41) is 6.32. The Labute approximate surface area is 181 Å². The zero-order chi connectivity index (χ0) is 22.3. The Morgan fingerprint density at radius 1 is 1.10 bits per heavy atom. The fraction of sp³-hybridized carbons (Fsp3) is 0.286. The van der Waals surface area contributed by atoms with Gasteiger partial charge >= 0.3 is 0 Å². The monoisotopic (exact) mass is 444 g/mol. The summed E-state index contributed by atoms with van der Waals surface area (Å²) >= 11 is 0. The average molecular weight is 445 g/mol. The van der Waals surface area contributed by atoms with Gasteiger partial charge in [-0.3, -0.25) is 9.59 Å². The van der Waals surface area contributed by atoms with E-state index in [9.17, 15) is 18.0 Å². The van der Waals surface area contributed by atoms with Gasteiger partial charge in [-0.25, -0.2) is 13.8 Å². The molecule has 1 saturated heterocycles. The molecule has 0 radical (unpaired) electrons. The number of nitrogens with one attached hydrogen (secondary N) is 2. The molecule has 1 fully saturated rings. The maximum Gasteiger partial charge on any atom is 0.259 e. The summed E-state index contributed by atoms with van der Waals surface area (Å²) in [6.45, 7) is 0.744. The van der Waals surface area contributed by atoms with Crippen LogP contribution < -0.4 is 15.5 Å². The van der Waals surface area contributed by atoms with Crippen molar-refractivity contribution in [3.05, 3.63) is 59.7 Å². The molecule has 164 valence electrons. The Balaban J connectivity index is 1.51. The van der Waals surface area contributed by atoms with Gasteiger partial charge in [-0.2, -0.15) is 9.41 Å². The first-order valence-corrected chi connectivity index (χ1v) is 11.2. The Hall–Kier alpha value is -3.24. The van der Waals surface area contributed by atoms with Crippen LogP contribution >= 0.6 is 0 Å². The molecule has 3 rings (SSSR count). The maximum atomic E-state index is 12.5. The van der Waals surface area contributed by atoms with Crippen LogP contribution in [0.4, 0.5) is 0 Å². The molecule has 0 saturated carbocycles. The van der Waals surface area contributed by atoms with Crippen LogP contribution in [0.5, 0.6) is 5.75 Å². The van der Waals surface area contributed by atoms with E-state index >= 15 is 0 Å². The molecule has 0 aliphatic carbocycles. The van der Waals surface area contributed by atoms with Crippen molar-refractivity contribution in [3.63, 3.8) is 0 Å². The second-order valence-electron chi connectivity index (χ2n) is 6.85. The maximum absolute atomic E-state index is 12.5. The van der Waals surface area contributed by atoms with Gasteiger partial charge in [0, 0.05) is 24.2 Å². The lowest BCUT2D eigenvalue weighted by Gasteiger charge is -2.15. The van der Waals surface area contributed by atoms with E-state index in [1.807, 2.05) is 12.1 Å². The highest BCUT2D eigenvalue weighted by Crippen LogP contribution is 2.21. The third-order valence-corrected chi connectivity index (χ3v) is 6.67. The van der Waals surface area contributed by atoms with Gasteiger partial charge in [0.15, 0.2) is 0 Å². The summed E-state index contributed by atoms with van der Waals surface area (Å²) in [4.78, 5) is 24.3. The van der Waals surface area contributed by atoms with Crippen molar-refractivity contribution < 1.29 is 22.7 Å². The molecule has 0 aromatic heterocycles. The number of hydrogen-bond donors (Lipinski definition) is 2. The number of methoxy groups -OCH3 is 1. The number of benzene rings is 2. The number of rotatable bonds is 8. The number of hydrazone groups is 1. The molecular weight excluding hydrogens is 420 g/mol. The van der Waals surface area contributed by atoms with E-state index in [-0.39, 0.29) is 17.0 Å². The number of nitrogens with zero attached hydrogens (tertiary/aromatic N) is 2. The van der Waals surface area contributed by atoms with Crippen molar-refractivity contribution in [2.24, 2.45) is 5.10 Å². The van der Waals surface area contributed by atoms with Crippen molar-refractivity contribution in [2.45, 2.75) is 17.7 Å². The van der Waals surface area contributed by atoms with E-state index in [4.69, 9.17) is 4.74 Å². The number of sulfonamides is 1. The molecule has 2 N–H and O–H groups in total. The Morgan fingerprint density at radius 2 is 1.77 bits per heavy atom. The predicted octanol–water partition coefficient (Wildman–Crippen LogP) is 1.36. The molecule has 1 aliphatic heterocycles. The number of carbonyl (C=O) groups excluding carboxylic acids is 2. The van der Waals surface area contributed by atoms with E-state index in [0.717, 1.165) is 12.8 Å². The van der Waals surface area contributed by atoms with Crippen LogP contribution in [0.25, 0.3) is 0 Å². The summed E-state index contributed by atoms with van der Waals surface area (Å²) in [5.74, 6) is -0.384. The van der Waals surface area contributed by atoms with E-state index in [1.54, 1.807) is 12.1 Å². The number of para-hydroxylation sites is 1. The molecule has 2 aromatic carbocycles. The average Bonchev–Trinajstić information content (AvgIpc) is 3.34. The van der Waals surface area contributed by atoms with Crippen LogP contribution in [0.3, 0.4) is 0 Å². The van der Waals surface area contributed by atoms with Crippen LogP contribution in [0.1, 0.15) is 28.8 Å². The normalized spacial score (nSPS) is 14.5. The first-order valence-electron chi connectivity index (χ1n) is 9.75. The minimum atomic E-state index is -3.53. The summed E-state index contributed by atoms with van der Waals surface area (Å²) in [6, 6.07) is 12.8. The summed E-state index contributed by atoms with van der Waals surface area (Å²) in [6.07, 6.45) is 3.15. The standard InChI is InChI=1S/C21H24N4O5S/c1-30-19-7-3-2-6-17(19)14-23-24-20(26)15-22-21(27)16-8-10-18(11-9-16)31(28,29)25-12-4-5-13-25/h2-3,6-11,14H,4-5,12-13,15H2,1H3,(H,22,27)(H,24,26)/b23-14-. The zero-order valence-corrected chi connectivity index (χ0v) is 17.9. The number of ether oxygens (including phenoxy) is 1. The smallest absolute Gasteiger partial charge is 0.259 e. The van der Waals surface area contributed by atoms with Gasteiger partial charge in [0.2, 0.25) is 10.0 Å². The van der Waals surface area contributed by atoms with Gasteiger partial charge in [-0.1, -0.05) is 12.1 Å². The van der Waals surface area contributed by atoms with Crippen molar-refractivity contribution in [2.75, 3.05) is 26.7 Å². The third-order valence-electron chi connectivity index (χ3n) is 4.76. The van der Waals surface area contributed by atoms with Crippen molar-refractivity contribution >= 4 is 28.1 Å². The molecule has 31 heavy (non-hydrogen) atoms. The fourth-order valence-electron chi connectivity index (χ4n) is 3.10. The SMILES string of the molecule is COc1ccccc1/C=N\NC(=O)CNC(=O)c1ccc(S(=O)(=O)N2CCCC2)cc1. The molecule has 1 aliphatic rings. The van der Waals surface area contributed by atoms with Gasteiger partial charge in [0.05, 0.1) is 24.8 Å². The highest BCUT2D eigenvalue weighted by atomic mass is 32.2. The van der Waals surface area contributed by atoms with Gasteiger partial charge in [-0.15, -0.1) is 0 Å². The van der Waals surface area contributed by atoms with Crippen LogP contribution in [0.2, 0.25) is 0 Å². The Bertz CT molecular complexity index is 1060. The van der Waals surface area contributed by atoms with Crippen LogP contribution in [0, 0.1) is 0 Å². The molecule has 1 heterocycles. The van der Waals surface area contributed by atoms with E-state index < -0.39 is 21.8 Å². The molecule has 2 aromatic rings. The zero-order valence-electron chi connectivity index (χ0n) is 17.1. The second kappa shape index (κ2) is 10.2. The van der Waals surface area contributed by atoms with E-state index in [0.29, 0.717) is 24.4 Å². The quantitative estimate of drug-likeness (QED) is 0.471. The van der Waals surface area contributed by atoms with Crippen molar-refractivity contribution in [1.29, 1.82) is 0 Å².